The first-order valence-corrected chi connectivity index (χ1v) is 4.57. The number of terminal acetylenes is 1. The smallest absolute Gasteiger partial charge is 0.0597 e. The van der Waals surface area contributed by atoms with Gasteiger partial charge >= 0.3 is 0 Å². The lowest BCUT2D eigenvalue weighted by atomic mass is 9.99. The Morgan fingerprint density at radius 2 is 2.08 bits per heavy atom. The van der Waals surface area contributed by atoms with Crippen molar-refractivity contribution in [1.82, 2.24) is 4.90 Å². The Kier molecular flexibility index (Phi) is 3.13. The van der Waals surface area contributed by atoms with E-state index in [0.29, 0.717) is 6.54 Å². The fourth-order valence-corrected chi connectivity index (χ4v) is 1.99. The predicted molar refractivity (Wildman–Crippen MR) is 51.7 cm³/mol. The number of likely N-dealkylation sites (N-methyl/N-ethyl adjacent to an activating group) is 1. The molecule has 0 atom stereocenters. The molecule has 0 amide bonds. The predicted octanol–water partition coefficient (Wildman–Crippen LogP) is 0.823. The zero-order chi connectivity index (χ0) is 9.03. The Hall–Kier alpha value is -0.520. The van der Waals surface area contributed by atoms with Crippen molar-refractivity contribution in [3.63, 3.8) is 0 Å². The van der Waals surface area contributed by atoms with E-state index in [9.17, 15) is 0 Å². The van der Waals surface area contributed by atoms with E-state index in [1.165, 1.54) is 12.8 Å². The van der Waals surface area contributed by atoms with Crippen molar-refractivity contribution in [3.05, 3.63) is 0 Å². The molecule has 0 saturated heterocycles. The average molecular weight is 166 g/mol. The van der Waals surface area contributed by atoms with Gasteiger partial charge in [-0.3, -0.25) is 4.90 Å². The summed E-state index contributed by atoms with van der Waals surface area (Å²) < 4.78 is 0. The van der Waals surface area contributed by atoms with Gasteiger partial charge in [0, 0.05) is 12.1 Å². The Morgan fingerprint density at radius 3 is 2.58 bits per heavy atom. The van der Waals surface area contributed by atoms with E-state index >= 15 is 0 Å². The third-order valence-electron chi connectivity index (χ3n) is 2.55. The van der Waals surface area contributed by atoms with Gasteiger partial charge in [0.2, 0.25) is 0 Å². The van der Waals surface area contributed by atoms with E-state index in [0.717, 1.165) is 19.4 Å². The van der Waals surface area contributed by atoms with Crippen LogP contribution >= 0.6 is 0 Å². The molecule has 68 valence electrons. The molecule has 1 aliphatic carbocycles. The molecule has 0 unspecified atom stereocenters. The van der Waals surface area contributed by atoms with Crippen LogP contribution < -0.4 is 5.73 Å². The van der Waals surface area contributed by atoms with Crippen LogP contribution in [0.2, 0.25) is 0 Å². The maximum Gasteiger partial charge on any atom is 0.0597 e. The van der Waals surface area contributed by atoms with Gasteiger partial charge in [0.05, 0.1) is 6.54 Å². The van der Waals surface area contributed by atoms with Crippen molar-refractivity contribution in [2.75, 3.05) is 20.1 Å². The zero-order valence-corrected chi connectivity index (χ0v) is 7.84. The van der Waals surface area contributed by atoms with E-state index in [1.54, 1.807) is 0 Å². The van der Waals surface area contributed by atoms with E-state index in [4.69, 9.17) is 12.2 Å². The first kappa shape index (κ1) is 9.57. The minimum absolute atomic E-state index is 0.0472. The topological polar surface area (TPSA) is 29.3 Å². The fraction of sp³-hybridized carbons (Fsp3) is 0.800. The lowest BCUT2D eigenvalue weighted by molar-refractivity contribution is 0.270. The summed E-state index contributed by atoms with van der Waals surface area (Å²) in [6.45, 7) is 1.65. The molecule has 0 aromatic rings. The number of hydrogen-bond acceptors (Lipinski definition) is 2. The van der Waals surface area contributed by atoms with Gasteiger partial charge in [-0.05, 0) is 19.9 Å². The summed E-state index contributed by atoms with van der Waals surface area (Å²) in [5.74, 6) is 2.63. The summed E-state index contributed by atoms with van der Waals surface area (Å²) in [6.07, 6.45) is 10.1. The quantitative estimate of drug-likeness (QED) is 0.629. The zero-order valence-electron chi connectivity index (χ0n) is 7.84. The third kappa shape index (κ3) is 2.51. The van der Waals surface area contributed by atoms with E-state index in [1.807, 2.05) is 7.05 Å². The normalized spacial score (nSPS) is 21.2. The molecule has 2 N–H and O–H groups in total. The summed E-state index contributed by atoms with van der Waals surface area (Å²) in [4.78, 5) is 2.13. The van der Waals surface area contributed by atoms with Crippen molar-refractivity contribution in [2.45, 2.75) is 31.2 Å². The minimum atomic E-state index is 0.0472. The Balaban J connectivity index is 2.34. The van der Waals surface area contributed by atoms with Gasteiger partial charge in [-0.25, -0.2) is 0 Å². The highest BCUT2D eigenvalue weighted by atomic mass is 15.1. The van der Waals surface area contributed by atoms with Crippen LogP contribution in [0, 0.1) is 12.3 Å². The number of nitrogens with zero attached hydrogens (tertiary/aromatic N) is 1. The molecule has 1 fully saturated rings. The molecule has 0 aromatic carbocycles. The molecule has 0 aliphatic heterocycles. The summed E-state index contributed by atoms with van der Waals surface area (Å²) in [5.41, 5.74) is 6.23. The Morgan fingerprint density at radius 1 is 1.50 bits per heavy atom. The molecule has 1 rings (SSSR count). The van der Waals surface area contributed by atoms with Gasteiger partial charge in [0.25, 0.3) is 0 Å². The van der Waals surface area contributed by atoms with Crippen LogP contribution in [0.3, 0.4) is 0 Å². The van der Waals surface area contributed by atoms with Crippen LogP contribution in [0.25, 0.3) is 0 Å². The molecule has 12 heavy (non-hydrogen) atoms. The van der Waals surface area contributed by atoms with Crippen molar-refractivity contribution in [3.8, 4) is 12.3 Å². The molecule has 0 bridgehead atoms. The highest BCUT2D eigenvalue weighted by Gasteiger charge is 2.29. The van der Waals surface area contributed by atoms with E-state index < -0.39 is 0 Å². The van der Waals surface area contributed by atoms with Crippen molar-refractivity contribution < 1.29 is 0 Å². The van der Waals surface area contributed by atoms with Crippen LogP contribution in [-0.4, -0.2) is 30.6 Å². The summed E-state index contributed by atoms with van der Waals surface area (Å²) in [6, 6.07) is 0. The molecule has 2 heteroatoms. The molecule has 2 nitrogen and oxygen atoms in total. The minimum Gasteiger partial charge on any atom is -0.324 e. The molecule has 0 heterocycles. The average Bonchev–Trinajstić information content (AvgIpc) is 2.36. The first-order valence-electron chi connectivity index (χ1n) is 4.57. The van der Waals surface area contributed by atoms with Crippen molar-refractivity contribution in [1.29, 1.82) is 0 Å². The molecule has 0 spiro atoms. The van der Waals surface area contributed by atoms with Gasteiger partial charge in [-0.2, -0.15) is 0 Å². The molecule has 1 saturated carbocycles. The highest BCUT2D eigenvalue weighted by Crippen LogP contribution is 2.27. The highest BCUT2D eigenvalue weighted by molar-refractivity contribution is 4.94. The van der Waals surface area contributed by atoms with E-state index in [2.05, 4.69) is 10.8 Å². The maximum atomic E-state index is 6.18. The monoisotopic (exact) mass is 166 g/mol. The second-order valence-electron chi connectivity index (χ2n) is 3.95. The van der Waals surface area contributed by atoms with Gasteiger partial charge < -0.3 is 5.73 Å². The number of hydrogen-bond donors (Lipinski definition) is 1. The largest absolute Gasteiger partial charge is 0.324 e. The number of rotatable bonds is 3. The van der Waals surface area contributed by atoms with Gasteiger partial charge in [0.1, 0.15) is 0 Å². The second kappa shape index (κ2) is 3.93. The van der Waals surface area contributed by atoms with Gasteiger partial charge in [-0.15, -0.1) is 6.42 Å². The molecule has 1 aliphatic rings. The van der Waals surface area contributed by atoms with Crippen molar-refractivity contribution >= 4 is 0 Å². The summed E-state index contributed by atoms with van der Waals surface area (Å²) in [7, 11) is 2.03. The number of nitrogens with two attached hydrogens (primary N) is 1. The van der Waals surface area contributed by atoms with Crippen LogP contribution in [0.4, 0.5) is 0 Å². The Labute approximate surface area is 75.1 Å². The lowest BCUT2D eigenvalue weighted by Crippen LogP contribution is -2.47. The molecule has 0 aromatic heterocycles. The van der Waals surface area contributed by atoms with Crippen LogP contribution in [0.5, 0.6) is 0 Å². The van der Waals surface area contributed by atoms with Crippen LogP contribution in [0.15, 0.2) is 0 Å². The summed E-state index contributed by atoms with van der Waals surface area (Å²) >= 11 is 0. The standard InChI is InChI=1S/C10H18N2/c1-3-8-12(2)9-10(11)6-4-5-7-10/h1H,4-9,11H2,2H3. The second-order valence-corrected chi connectivity index (χ2v) is 3.95. The molecular formula is C10H18N2. The van der Waals surface area contributed by atoms with Gasteiger partial charge in [-0.1, -0.05) is 18.8 Å². The summed E-state index contributed by atoms with van der Waals surface area (Å²) in [5, 5.41) is 0. The van der Waals surface area contributed by atoms with Crippen LogP contribution in [-0.2, 0) is 0 Å². The maximum absolute atomic E-state index is 6.18. The fourth-order valence-electron chi connectivity index (χ4n) is 1.99. The Bertz CT molecular complexity index is 175. The molecule has 0 radical (unpaired) electrons. The SMILES string of the molecule is C#CCN(C)CC1(N)CCCC1. The van der Waals surface area contributed by atoms with Crippen molar-refractivity contribution in [2.24, 2.45) is 5.73 Å². The third-order valence-corrected chi connectivity index (χ3v) is 2.55. The van der Waals surface area contributed by atoms with Gasteiger partial charge in [0.15, 0.2) is 0 Å². The van der Waals surface area contributed by atoms with E-state index in [-0.39, 0.29) is 5.54 Å². The first-order chi connectivity index (χ1) is 5.66. The lowest BCUT2D eigenvalue weighted by Gasteiger charge is -2.28. The molecular weight excluding hydrogens is 148 g/mol. The van der Waals surface area contributed by atoms with Crippen LogP contribution in [0.1, 0.15) is 25.7 Å².